The third-order valence-electron chi connectivity index (χ3n) is 3.32. The van der Waals surface area contributed by atoms with E-state index in [2.05, 4.69) is 15.4 Å². The number of hydrogen-bond donors (Lipinski definition) is 2. The number of carbonyl (C=O) groups excluding carboxylic acids is 2. The zero-order valence-corrected chi connectivity index (χ0v) is 14.0. The van der Waals surface area contributed by atoms with Crippen molar-refractivity contribution < 1.29 is 31.9 Å². The maximum absolute atomic E-state index is 12.4. The van der Waals surface area contributed by atoms with Crippen LogP contribution in [0.15, 0.2) is 47.1 Å². The molecule has 1 aromatic heterocycles. The monoisotopic (exact) mass is 370 g/mol. The largest absolute Gasteiger partial charge is 0.573 e. The van der Waals surface area contributed by atoms with Crippen LogP contribution in [0, 0.1) is 5.92 Å². The van der Waals surface area contributed by atoms with Crippen molar-refractivity contribution in [2.24, 2.45) is 5.92 Å². The number of furan rings is 1. The maximum Gasteiger partial charge on any atom is 0.573 e. The Kier molecular flexibility index (Phi) is 5.91. The van der Waals surface area contributed by atoms with Gasteiger partial charge in [0.25, 0.3) is 5.91 Å². The second-order valence-corrected chi connectivity index (χ2v) is 5.74. The zero-order valence-electron chi connectivity index (χ0n) is 14.0. The standard InChI is InChI=1S/C17H17F3N2O4/c1-10(2)14(22-15(23)13-7-4-8-25-13)16(24)21-11-5-3-6-12(9-11)26-17(18,19)20/h3-10,14H,1-2H3,(H,21,24)(H,22,23). The molecule has 2 aromatic rings. The maximum atomic E-state index is 12.4. The summed E-state index contributed by atoms with van der Waals surface area (Å²) in [5.41, 5.74) is 0.106. The minimum absolute atomic E-state index is 0.0454. The smallest absolute Gasteiger partial charge is 0.459 e. The van der Waals surface area contributed by atoms with Crippen molar-refractivity contribution in [1.29, 1.82) is 0 Å². The molecule has 0 saturated heterocycles. The Bertz CT molecular complexity index is 758. The number of hydrogen-bond acceptors (Lipinski definition) is 4. The molecule has 0 bridgehead atoms. The molecule has 26 heavy (non-hydrogen) atoms. The highest BCUT2D eigenvalue weighted by Gasteiger charge is 2.31. The van der Waals surface area contributed by atoms with Crippen LogP contribution in [0.2, 0.25) is 0 Å². The van der Waals surface area contributed by atoms with Gasteiger partial charge in [-0.1, -0.05) is 19.9 Å². The molecule has 2 amide bonds. The average Bonchev–Trinajstić information content (AvgIpc) is 3.05. The molecule has 140 valence electrons. The van der Waals surface area contributed by atoms with Gasteiger partial charge in [-0.2, -0.15) is 0 Å². The number of amides is 2. The van der Waals surface area contributed by atoms with E-state index in [1.807, 2.05) is 0 Å². The third-order valence-corrected chi connectivity index (χ3v) is 3.32. The molecule has 1 atom stereocenters. The summed E-state index contributed by atoms with van der Waals surface area (Å²) in [4.78, 5) is 24.5. The van der Waals surface area contributed by atoms with Crippen molar-refractivity contribution in [2.75, 3.05) is 5.32 Å². The number of rotatable bonds is 6. The zero-order chi connectivity index (χ0) is 19.3. The summed E-state index contributed by atoms with van der Waals surface area (Å²) >= 11 is 0. The molecule has 0 fully saturated rings. The fourth-order valence-electron chi connectivity index (χ4n) is 2.15. The molecule has 2 N–H and O–H groups in total. The first kappa shape index (κ1) is 19.4. The average molecular weight is 370 g/mol. The van der Waals surface area contributed by atoms with Gasteiger partial charge in [0.1, 0.15) is 11.8 Å². The molecule has 1 heterocycles. The molecule has 9 heteroatoms. The SMILES string of the molecule is CC(C)C(NC(=O)c1ccco1)C(=O)Nc1cccc(OC(F)(F)F)c1. The van der Waals surface area contributed by atoms with Crippen molar-refractivity contribution in [2.45, 2.75) is 26.3 Å². The van der Waals surface area contributed by atoms with E-state index in [9.17, 15) is 22.8 Å². The van der Waals surface area contributed by atoms with Crippen LogP contribution in [0.4, 0.5) is 18.9 Å². The lowest BCUT2D eigenvalue weighted by atomic mass is 10.0. The highest BCUT2D eigenvalue weighted by molar-refractivity contribution is 6.00. The van der Waals surface area contributed by atoms with Crippen molar-refractivity contribution in [3.05, 3.63) is 48.4 Å². The molecule has 0 radical (unpaired) electrons. The number of carbonyl (C=O) groups is 2. The first-order valence-corrected chi connectivity index (χ1v) is 7.67. The van der Waals surface area contributed by atoms with Gasteiger partial charge in [0.2, 0.25) is 5.91 Å². The number of anilines is 1. The van der Waals surface area contributed by atoms with Crippen molar-refractivity contribution in [3.63, 3.8) is 0 Å². The summed E-state index contributed by atoms with van der Waals surface area (Å²) in [5.74, 6) is -1.84. The predicted molar refractivity (Wildman–Crippen MR) is 86.6 cm³/mol. The quantitative estimate of drug-likeness (QED) is 0.815. The second kappa shape index (κ2) is 7.94. The normalized spacial score (nSPS) is 12.5. The van der Waals surface area contributed by atoms with E-state index in [1.54, 1.807) is 13.8 Å². The van der Waals surface area contributed by atoms with Gasteiger partial charge in [0.15, 0.2) is 5.76 Å². The number of benzene rings is 1. The van der Waals surface area contributed by atoms with Gasteiger partial charge >= 0.3 is 6.36 Å². The van der Waals surface area contributed by atoms with E-state index >= 15 is 0 Å². The fourth-order valence-corrected chi connectivity index (χ4v) is 2.15. The van der Waals surface area contributed by atoms with Crippen molar-refractivity contribution in [3.8, 4) is 5.75 Å². The number of halogens is 3. The van der Waals surface area contributed by atoms with Gasteiger partial charge in [-0.15, -0.1) is 13.2 Å². The number of nitrogens with one attached hydrogen (secondary N) is 2. The Labute approximate surface area is 147 Å². The van der Waals surface area contributed by atoms with E-state index in [4.69, 9.17) is 4.42 Å². The third kappa shape index (κ3) is 5.54. The first-order chi connectivity index (χ1) is 12.2. The lowest BCUT2D eigenvalue weighted by Crippen LogP contribution is -2.47. The van der Waals surface area contributed by atoms with Crippen LogP contribution in [-0.4, -0.2) is 24.2 Å². The van der Waals surface area contributed by atoms with E-state index < -0.39 is 30.0 Å². The van der Waals surface area contributed by atoms with Crippen molar-refractivity contribution in [1.82, 2.24) is 5.32 Å². The number of ether oxygens (including phenoxy) is 1. The van der Waals surface area contributed by atoms with Crippen LogP contribution in [0.25, 0.3) is 0 Å². The summed E-state index contributed by atoms with van der Waals surface area (Å²) in [6, 6.07) is 6.93. The van der Waals surface area contributed by atoms with Gasteiger partial charge in [-0.05, 0) is 30.2 Å². The molecular weight excluding hydrogens is 353 g/mol. The molecule has 0 saturated carbocycles. The molecular formula is C17H17F3N2O4. The van der Waals surface area contributed by atoms with Gasteiger partial charge < -0.3 is 19.8 Å². The van der Waals surface area contributed by atoms with Gasteiger partial charge in [0.05, 0.1) is 6.26 Å². The highest BCUT2D eigenvalue weighted by Crippen LogP contribution is 2.25. The molecule has 6 nitrogen and oxygen atoms in total. The van der Waals surface area contributed by atoms with Crippen LogP contribution in [-0.2, 0) is 4.79 Å². The summed E-state index contributed by atoms with van der Waals surface area (Å²) < 4.78 is 45.6. The molecule has 0 spiro atoms. The van der Waals surface area contributed by atoms with Crippen molar-refractivity contribution >= 4 is 17.5 Å². The predicted octanol–water partition coefficient (Wildman–Crippen LogP) is 3.57. The van der Waals surface area contributed by atoms with Crippen LogP contribution >= 0.6 is 0 Å². The lowest BCUT2D eigenvalue weighted by Gasteiger charge is -2.21. The topological polar surface area (TPSA) is 80.6 Å². The molecule has 1 aromatic carbocycles. The van der Waals surface area contributed by atoms with Crippen LogP contribution in [0.1, 0.15) is 24.4 Å². The first-order valence-electron chi connectivity index (χ1n) is 7.67. The minimum atomic E-state index is -4.83. The van der Waals surface area contributed by atoms with Gasteiger partial charge in [0, 0.05) is 11.8 Å². The second-order valence-electron chi connectivity index (χ2n) is 5.74. The summed E-state index contributed by atoms with van der Waals surface area (Å²) in [7, 11) is 0. The van der Waals surface area contributed by atoms with Crippen LogP contribution in [0.5, 0.6) is 5.75 Å². The Morgan fingerprint density at radius 1 is 1.15 bits per heavy atom. The van der Waals surface area contributed by atoms with Crippen LogP contribution < -0.4 is 15.4 Å². The Hall–Kier alpha value is -2.97. The highest BCUT2D eigenvalue weighted by atomic mass is 19.4. The Morgan fingerprint density at radius 3 is 2.46 bits per heavy atom. The number of alkyl halides is 3. The van der Waals surface area contributed by atoms with E-state index in [-0.39, 0.29) is 17.4 Å². The minimum Gasteiger partial charge on any atom is -0.459 e. The Morgan fingerprint density at radius 2 is 1.88 bits per heavy atom. The molecule has 0 aliphatic heterocycles. The molecule has 0 aliphatic rings. The summed E-state index contributed by atoms with van der Waals surface area (Å²) in [6.45, 7) is 3.44. The van der Waals surface area contributed by atoms with E-state index in [0.717, 1.165) is 12.1 Å². The van der Waals surface area contributed by atoms with E-state index in [0.29, 0.717) is 0 Å². The van der Waals surface area contributed by atoms with Gasteiger partial charge in [-0.3, -0.25) is 9.59 Å². The fraction of sp³-hybridized carbons (Fsp3) is 0.294. The molecule has 0 aliphatic carbocycles. The molecule has 2 rings (SSSR count). The lowest BCUT2D eigenvalue weighted by molar-refractivity contribution is -0.274. The van der Waals surface area contributed by atoms with E-state index in [1.165, 1.54) is 30.5 Å². The van der Waals surface area contributed by atoms with Crippen LogP contribution in [0.3, 0.4) is 0 Å². The molecule has 1 unspecified atom stereocenters. The Balaban J connectivity index is 2.08. The summed E-state index contributed by atoms with van der Waals surface area (Å²) in [6.07, 6.45) is -3.51. The van der Waals surface area contributed by atoms with Gasteiger partial charge in [-0.25, -0.2) is 0 Å². The summed E-state index contributed by atoms with van der Waals surface area (Å²) in [5, 5.41) is 5.00.